The molecule has 0 saturated heterocycles. The number of carboxylic acids is 1. The van der Waals surface area contributed by atoms with Crippen molar-refractivity contribution in [3.8, 4) is 5.75 Å². The smallest absolute Gasteiger partial charge is 0.320 e. The van der Waals surface area contributed by atoms with Gasteiger partial charge in [-0.15, -0.1) is 11.3 Å². The molecule has 0 bridgehead atoms. The molecular formula is C29H39NO3S2. The monoisotopic (exact) mass is 513 g/mol. The molecule has 3 rings (SSSR count). The molecule has 2 atom stereocenters. The highest BCUT2D eigenvalue weighted by Crippen LogP contribution is 2.41. The molecule has 190 valence electrons. The molecule has 0 radical (unpaired) electrons. The quantitative estimate of drug-likeness (QED) is 0.246. The standard InChI is InChI=1S/C29H39NO3S2/c1-8-13-23(25(26(31)32)35-27-30-21-14-11-12-15-24(21)34-27)33-22-17-16-19(28(4,5)9-2)18-20(22)29(6,7)10-3/h11-12,14-18,23,25H,8-10,13H2,1-7H3,(H,31,32). The van der Waals surface area contributed by atoms with Crippen molar-refractivity contribution >= 4 is 39.3 Å². The third-order valence-corrected chi connectivity index (χ3v) is 9.61. The van der Waals surface area contributed by atoms with Crippen LogP contribution in [0, 0.1) is 0 Å². The number of aromatic nitrogens is 1. The van der Waals surface area contributed by atoms with Crippen LogP contribution >= 0.6 is 23.1 Å². The van der Waals surface area contributed by atoms with Gasteiger partial charge >= 0.3 is 5.97 Å². The summed E-state index contributed by atoms with van der Waals surface area (Å²) in [6.45, 7) is 15.5. The lowest BCUT2D eigenvalue weighted by Gasteiger charge is -2.32. The molecule has 0 aliphatic rings. The molecule has 0 aliphatic heterocycles. The fourth-order valence-corrected chi connectivity index (χ4v) is 6.27. The van der Waals surface area contributed by atoms with Crippen LogP contribution in [0.1, 0.15) is 85.3 Å². The number of ether oxygens (including phenoxy) is 1. The Kier molecular flexibility index (Phi) is 8.92. The fraction of sp³-hybridized carbons (Fsp3) is 0.517. The number of rotatable bonds is 12. The molecule has 3 aromatic rings. The molecule has 2 unspecified atom stereocenters. The lowest BCUT2D eigenvalue weighted by Crippen LogP contribution is -2.36. The molecule has 0 amide bonds. The predicted octanol–water partition coefficient (Wildman–Crippen LogP) is 8.46. The van der Waals surface area contributed by atoms with Gasteiger partial charge in [0.25, 0.3) is 0 Å². The third-order valence-electron chi connectivity index (χ3n) is 7.19. The highest BCUT2D eigenvalue weighted by molar-refractivity contribution is 8.02. The number of hydrogen-bond donors (Lipinski definition) is 1. The van der Waals surface area contributed by atoms with Crippen molar-refractivity contribution < 1.29 is 14.6 Å². The molecule has 0 spiro atoms. The van der Waals surface area contributed by atoms with Gasteiger partial charge in [-0.25, -0.2) is 4.98 Å². The highest BCUT2D eigenvalue weighted by atomic mass is 32.2. The van der Waals surface area contributed by atoms with Gasteiger partial charge in [-0.1, -0.05) is 90.9 Å². The normalized spacial score (nSPS) is 14.1. The largest absolute Gasteiger partial charge is 0.488 e. The molecule has 4 nitrogen and oxygen atoms in total. The average molecular weight is 514 g/mol. The molecule has 0 fully saturated rings. The number of para-hydroxylation sites is 1. The van der Waals surface area contributed by atoms with E-state index in [4.69, 9.17) is 4.74 Å². The molecule has 2 aromatic carbocycles. The summed E-state index contributed by atoms with van der Waals surface area (Å²) in [6.07, 6.45) is 3.02. The second kappa shape index (κ2) is 11.3. The number of aliphatic carboxylic acids is 1. The van der Waals surface area contributed by atoms with E-state index in [1.807, 2.05) is 24.3 Å². The number of hydrogen-bond acceptors (Lipinski definition) is 5. The number of thioether (sulfide) groups is 1. The fourth-order valence-electron chi connectivity index (χ4n) is 3.99. The maximum Gasteiger partial charge on any atom is 0.320 e. The molecular weight excluding hydrogens is 474 g/mol. The summed E-state index contributed by atoms with van der Waals surface area (Å²) in [5.74, 6) is -0.0742. The Morgan fingerprint density at radius 1 is 1.06 bits per heavy atom. The van der Waals surface area contributed by atoms with Crippen LogP contribution in [0.15, 0.2) is 46.8 Å². The first kappa shape index (κ1) is 27.5. The number of thiazole rings is 1. The van der Waals surface area contributed by atoms with E-state index in [9.17, 15) is 9.90 Å². The number of carbonyl (C=O) groups is 1. The van der Waals surface area contributed by atoms with Crippen molar-refractivity contribution in [3.63, 3.8) is 0 Å². The summed E-state index contributed by atoms with van der Waals surface area (Å²) in [6, 6.07) is 14.4. The Hall–Kier alpha value is -2.05. The van der Waals surface area contributed by atoms with E-state index in [2.05, 4.69) is 71.6 Å². The molecule has 0 aliphatic carbocycles. The molecule has 35 heavy (non-hydrogen) atoms. The lowest BCUT2D eigenvalue weighted by atomic mass is 9.76. The van der Waals surface area contributed by atoms with Crippen LogP contribution in [-0.2, 0) is 15.6 Å². The Labute approximate surface area is 218 Å². The van der Waals surface area contributed by atoms with Gasteiger partial charge in [0.15, 0.2) is 4.34 Å². The Balaban J connectivity index is 1.98. The van der Waals surface area contributed by atoms with Gasteiger partial charge < -0.3 is 9.84 Å². The topological polar surface area (TPSA) is 59.4 Å². The molecule has 1 heterocycles. The lowest BCUT2D eigenvalue weighted by molar-refractivity contribution is -0.138. The summed E-state index contributed by atoms with van der Waals surface area (Å²) >= 11 is 2.84. The second-order valence-corrected chi connectivity index (χ2v) is 12.9. The Bertz CT molecular complexity index is 1120. The number of nitrogens with zero attached hydrogens (tertiary/aromatic N) is 1. The van der Waals surface area contributed by atoms with Crippen molar-refractivity contribution in [1.82, 2.24) is 4.98 Å². The van der Waals surface area contributed by atoms with Crippen LogP contribution in [0.25, 0.3) is 10.2 Å². The van der Waals surface area contributed by atoms with Crippen molar-refractivity contribution in [2.24, 2.45) is 0 Å². The number of benzene rings is 2. The minimum absolute atomic E-state index is 0.0617. The van der Waals surface area contributed by atoms with E-state index >= 15 is 0 Å². The first-order valence-electron chi connectivity index (χ1n) is 12.6. The van der Waals surface area contributed by atoms with E-state index in [1.165, 1.54) is 28.7 Å². The van der Waals surface area contributed by atoms with Gasteiger partial charge in [-0.05, 0) is 53.9 Å². The minimum Gasteiger partial charge on any atom is -0.488 e. The van der Waals surface area contributed by atoms with E-state index in [0.717, 1.165) is 45.1 Å². The maximum atomic E-state index is 12.5. The van der Waals surface area contributed by atoms with Crippen LogP contribution in [0.4, 0.5) is 0 Å². The Morgan fingerprint density at radius 2 is 1.74 bits per heavy atom. The molecule has 0 saturated carbocycles. The first-order valence-corrected chi connectivity index (χ1v) is 14.3. The van der Waals surface area contributed by atoms with Crippen molar-refractivity contribution in [1.29, 1.82) is 0 Å². The summed E-state index contributed by atoms with van der Waals surface area (Å²) in [4.78, 5) is 17.1. The van der Waals surface area contributed by atoms with E-state index < -0.39 is 17.3 Å². The highest BCUT2D eigenvalue weighted by Gasteiger charge is 2.34. The summed E-state index contributed by atoms with van der Waals surface area (Å²) < 4.78 is 8.45. The summed E-state index contributed by atoms with van der Waals surface area (Å²) in [7, 11) is 0. The second-order valence-electron chi connectivity index (χ2n) is 10.5. The Morgan fingerprint density at radius 3 is 2.34 bits per heavy atom. The van der Waals surface area contributed by atoms with Gasteiger partial charge in [-0.2, -0.15) is 0 Å². The zero-order valence-corrected chi connectivity index (χ0v) is 23.7. The van der Waals surface area contributed by atoms with Gasteiger partial charge in [0.2, 0.25) is 0 Å². The van der Waals surface area contributed by atoms with Gasteiger partial charge in [-0.3, -0.25) is 4.79 Å². The van der Waals surface area contributed by atoms with Crippen LogP contribution in [0.5, 0.6) is 5.75 Å². The number of fused-ring (bicyclic) bond motifs is 1. The van der Waals surface area contributed by atoms with Crippen molar-refractivity contribution in [2.45, 2.75) is 101 Å². The van der Waals surface area contributed by atoms with E-state index in [0.29, 0.717) is 6.42 Å². The SMILES string of the molecule is CCCC(Oc1ccc(C(C)(C)CC)cc1C(C)(C)CC)C(Sc1nc2ccccc2s1)C(=O)O. The van der Waals surface area contributed by atoms with Gasteiger partial charge in [0.1, 0.15) is 17.1 Å². The first-order chi connectivity index (χ1) is 16.5. The minimum atomic E-state index is -0.868. The van der Waals surface area contributed by atoms with Gasteiger partial charge in [0, 0.05) is 5.56 Å². The number of carboxylic acid groups (broad SMARTS) is 1. The third kappa shape index (κ3) is 6.39. The van der Waals surface area contributed by atoms with Gasteiger partial charge in [0.05, 0.1) is 10.2 Å². The zero-order chi connectivity index (χ0) is 25.8. The molecule has 1 aromatic heterocycles. The zero-order valence-electron chi connectivity index (χ0n) is 22.1. The van der Waals surface area contributed by atoms with Crippen molar-refractivity contribution in [2.75, 3.05) is 0 Å². The van der Waals surface area contributed by atoms with E-state index in [1.54, 1.807) is 0 Å². The summed E-state index contributed by atoms with van der Waals surface area (Å²) in [5.41, 5.74) is 3.30. The maximum absolute atomic E-state index is 12.5. The average Bonchev–Trinajstić information content (AvgIpc) is 3.25. The predicted molar refractivity (Wildman–Crippen MR) is 149 cm³/mol. The van der Waals surface area contributed by atoms with Crippen LogP contribution in [0.3, 0.4) is 0 Å². The summed E-state index contributed by atoms with van der Waals surface area (Å²) in [5, 5.41) is 9.47. The van der Waals surface area contributed by atoms with E-state index in [-0.39, 0.29) is 10.8 Å². The van der Waals surface area contributed by atoms with Crippen LogP contribution < -0.4 is 4.74 Å². The van der Waals surface area contributed by atoms with Crippen LogP contribution in [-0.4, -0.2) is 27.4 Å². The molecule has 6 heteroatoms. The van der Waals surface area contributed by atoms with Crippen LogP contribution in [0.2, 0.25) is 0 Å². The molecule has 1 N–H and O–H groups in total. The van der Waals surface area contributed by atoms with Crippen molar-refractivity contribution in [3.05, 3.63) is 53.6 Å².